The van der Waals surface area contributed by atoms with Gasteiger partial charge in [-0.15, -0.1) is 11.3 Å². The maximum absolute atomic E-state index is 13.2. The molecule has 6 nitrogen and oxygen atoms in total. The molecule has 0 radical (unpaired) electrons. The maximum atomic E-state index is 13.2. The number of carbonyl (C=O) groups excluding carboxylic acids is 1. The van der Waals surface area contributed by atoms with E-state index in [1.807, 2.05) is 6.92 Å². The van der Waals surface area contributed by atoms with Crippen molar-refractivity contribution in [1.29, 1.82) is 0 Å². The van der Waals surface area contributed by atoms with Crippen molar-refractivity contribution >= 4 is 33.3 Å². The predicted molar refractivity (Wildman–Crippen MR) is 96.7 cm³/mol. The molecule has 0 saturated carbocycles. The lowest BCUT2D eigenvalue weighted by Crippen LogP contribution is -2.29. The summed E-state index contributed by atoms with van der Waals surface area (Å²) in [5.41, 5.74) is 0.450. The maximum Gasteiger partial charge on any atom is 0.297 e. The van der Waals surface area contributed by atoms with E-state index in [0.29, 0.717) is 33.2 Å². The van der Waals surface area contributed by atoms with Gasteiger partial charge in [0, 0.05) is 11.6 Å². The molecule has 5 rings (SSSR count). The lowest BCUT2D eigenvalue weighted by atomic mass is 10.0. The van der Waals surface area contributed by atoms with Gasteiger partial charge in [0.1, 0.15) is 23.1 Å². The van der Waals surface area contributed by atoms with Crippen LogP contribution in [0.3, 0.4) is 0 Å². The molecule has 1 aromatic carbocycles. The Morgan fingerprint density at radius 1 is 1.12 bits per heavy atom. The fourth-order valence-corrected chi connectivity index (χ4v) is 3.99. The van der Waals surface area contributed by atoms with Crippen LogP contribution >= 0.6 is 11.3 Å². The van der Waals surface area contributed by atoms with Gasteiger partial charge in [0.05, 0.1) is 10.9 Å². The van der Waals surface area contributed by atoms with Crippen LogP contribution in [0.25, 0.3) is 11.0 Å². The fourth-order valence-electron chi connectivity index (χ4n) is 3.32. The van der Waals surface area contributed by atoms with Crippen LogP contribution in [0.15, 0.2) is 61.6 Å². The first-order valence-corrected chi connectivity index (χ1v) is 8.88. The van der Waals surface area contributed by atoms with Gasteiger partial charge >= 0.3 is 0 Å². The number of anilines is 1. The van der Waals surface area contributed by atoms with E-state index >= 15 is 0 Å². The molecule has 128 valence electrons. The summed E-state index contributed by atoms with van der Waals surface area (Å²) in [7, 11) is 0. The monoisotopic (exact) mass is 364 g/mol. The minimum Gasteiger partial charge on any atom is -0.464 e. The molecule has 0 bridgehead atoms. The average Bonchev–Trinajstić information content (AvgIpc) is 3.36. The minimum absolute atomic E-state index is 0.0444. The largest absolute Gasteiger partial charge is 0.464 e. The van der Waals surface area contributed by atoms with Crippen LogP contribution in [0, 0.1) is 6.92 Å². The summed E-state index contributed by atoms with van der Waals surface area (Å²) in [6.45, 7) is 1.82. The van der Waals surface area contributed by atoms with Gasteiger partial charge in [0.15, 0.2) is 10.6 Å². The summed E-state index contributed by atoms with van der Waals surface area (Å²) in [6, 6.07) is 9.80. The third kappa shape index (κ3) is 2.01. The summed E-state index contributed by atoms with van der Waals surface area (Å²) in [6.07, 6.45) is 1.62. The Balaban J connectivity index is 1.85. The van der Waals surface area contributed by atoms with E-state index in [9.17, 15) is 9.59 Å². The average molecular weight is 364 g/mol. The minimum atomic E-state index is -0.696. The standard InChI is InChI=1S/C19H12N2O4S/c1-10-6-7-13(24-10)15-14-16(22)11-4-2-3-5-12(11)25-17(14)18(23)21(15)19-20-8-9-26-19/h2-9,15H,1H3. The predicted octanol–water partition coefficient (Wildman–Crippen LogP) is 3.90. The van der Waals surface area contributed by atoms with Gasteiger partial charge in [-0.3, -0.25) is 14.5 Å². The Kier molecular flexibility index (Phi) is 3.14. The third-order valence-corrected chi connectivity index (χ3v) is 5.20. The van der Waals surface area contributed by atoms with Gasteiger partial charge in [0.25, 0.3) is 5.91 Å². The molecule has 1 aliphatic heterocycles. The number of fused-ring (bicyclic) bond motifs is 2. The molecule has 1 unspecified atom stereocenters. The zero-order valence-electron chi connectivity index (χ0n) is 13.6. The molecule has 1 aliphatic rings. The zero-order valence-corrected chi connectivity index (χ0v) is 14.4. The van der Waals surface area contributed by atoms with Crippen LogP contribution in [0.4, 0.5) is 5.13 Å². The molecule has 7 heteroatoms. The van der Waals surface area contributed by atoms with E-state index in [0.717, 1.165) is 0 Å². The van der Waals surface area contributed by atoms with E-state index in [1.165, 1.54) is 16.2 Å². The molecule has 3 aromatic heterocycles. The number of amides is 1. The number of aromatic nitrogens is 1. The number of rotatable bonds is 2. The highest BCUT2D eigenvalue weighted by Crippen LogP contribution is 2.42. The van der Waals surface area contributed by atoms with E-state index in [4.69, 9.17) is 8.83 Å². The van der Waals surface area contributed by atoms with Crippen LogP contribution in [0.5, 0.6) is 0 Å². The van der Waals surface area contributed by atoms with Crippen molar-refractivity contribution in [3.8, 4) is 0 Å². The summed E-state index contributed by atoms with van der Waals surface area (Å²) in [4.78, 5) is 32.0. The summed E-state index contributed by atoms with van der Waals surface area (Å²) < 4.78 is 11.6. The Labute approximate surface area is 151 Å². The second kappa shape index (κ2) is 5.40. The van der Waals surface area contributed by atoms with Crippen LogP contribution in [-0.4, -0.2) is 10.9 Å². The van der Waals surface area contributed by atoms with Crippen LogP contribution in [0.2, 0.25) is 0 Å². The lowest BCUT2D eigenvalue weighted by molar-refractivity contribution is 0.0969. The number of thiazole rings is 1. The number of hydrogen-bond acceptors (Lipinski definition) is 6. The van der Waals surface area contributed by atoms with Gasteiger partial charge in [-0.1, -0.05) is 12.1 Å². The molecule has 0 aliphatic carbocycles. The van der Waals surface area contributed by atoms with Crippen LogP contribution in [-0.2, 0) is 0 Å². The normalized spacial score (nSPS) is 16.4. The molecular formula is C19H12N2O4S. The number of benzene rings is 1. The van der Waals surface area contributed by atoms with Crippen molar-refractivity contribution < 1.29 is 13.6 Å². The Hall–Kier alpha value is -3.19. The number of aryl methyl sites for hydroxylation is 1. The number of nitrogens with zero attached hydrogens (tertiary/aromatic N) is 2. The van der Waals surface area contributed by atoms with E-state index < -0.39 is 11.9 Å². The van der Waals surface area contributed by atoms with E-state index in [1.54, 1.807) is 48.0 Å². The van der Waals surface area contributed by atoms with Crippen molar-refractivity contribution in [1.82, 2.24) is 4.98 Å². The molecule has 0 spiro atoms. The quantitative estimate of drug-likeness (QED) is 0.539. The molecule has 0 N–H and O–H groups in total. The van der Waals surface area contributed by atoms with Gasteiger partial charge < -0.3 is 8.83 Å². The van der Waals surface area contributed by atoms with Crippen molar-refractivity contribution in [2.45, 2.75) is 13.0 Å². The van der Waals surface area contributed by atoms with Gasteiger partial charge in [-0.25, -0.2) is 4.98 Å². The first-order chi connectivity index (χ1) is 12.6. The smallest absolute Gasteiger partial charge is 0.297 e. The highest BCUT2D eigenvalue weighted by atomic mass is 32.1. The second-order valence-corrected chi connectivity index (χ2v) is 6.88. The highest BCUT2D eigenvalue weighted by molar-refractivity contribution is 7.13. The van der Waals surface area contributed by atoms with Crippen molar-refractivity contribution in [2.75, 3.05) is 4.90 Å². The topological polar surface area (TPSA) is 76.6 Å². The van der Waals surface area contributed by atoms with Gasteiger partial charge in [-0.05, 0) is 31.2 Å². The summed E-state index contributed by atoms with van der Waals surface area (Å²) in [5.74, 6) is 0.859. The number of carbonyl (C=O) groups is 1. The Morgan fingerprint density at radius 3 is 2.69 bits per heavy atom. The molecule has 1 atom stereocenters. The van der Waals surface area contributed by atoms with Crippen LogP contribution < -0.4 is 10.3 Å². The molecular weight excluding hydrogens is 352 g/mol. The zero-order chi connectivity index (χ0) is 17.8. The summed E-state index contributed by atoms with van der Waals surface area (Å²) >= 11 is 1.32. The van der Waals surface area contributed by atoms with Crippen molar-refractivity contribution in [2.24, 2.45) is 0 Å². The summed E-state index contributed by atoms with van der Waals surface area (Å²) in [5, 5.41) is 2.71. The molecule has 26 heavy (non-hydrogen) atoms. The van der Waals surface area contributed by atoms with Crippen LogP contribution in [0.1, 0.15) is 33.7 Å². The van der Waals surface area contributed by atoms with Crippen molar-refractivity contribution in [3.05, 3.63) is 81.0 Å². The molecule has 4 heterocycles. The SMILES string of the molecule is Cc1ccc(C2c3c(oc4ccccc4c3=O)C(=O)N2c2nccs2)o1. The van der Waals surface area contributed by atoms with Gasteiger partial charge in [0.2, 0.25) is 5.76 Å². The first-order valence-electron chi connectivity index (χ1n) is 8.00. The lowest BCUT2D eigenvalue weighted by Gasteiger charge is -2.20. The number of hydrogen-bond donors (Lipinski definition) is 0. The number of para-hydroxylation sites is 1. The van der Waals surface area contributed by atoms with Gasteiger partial charge in [-0.2, -0.15) is 0 Å². The first kappa shape index (κ1) is 15.1. The number of furan rings is 1. The Bertz CT molecular complexity index is 1210. The second-order valence-electron chi connectivity index (χ2n) is 6.01. The highest BCUT2D eigenvalue weighted by Gasteiger charge is 2.46. The van der Waals surface area contributed by atoms with E-state index in [2.05, 4.69) is 4.98 Å². The Morgan fingerprint density at radius 2 is 1.96 bits per heavy atom. The molecule has 4 aromatic rings. The third-order valence-electron chi connectivity index (χ3n) is 4.43. The molecule has 0 fully saturated rings. The molecule has 0 saturated heterocycles. The fraction of sp³-hybridized carbons (Fsp3) is 0.105. The van der Waals surface area contributed by atoms with E-state index in [-0.39, 0.29) is 11.2 Å². The van der Waals surface area contributed by atoms with Crippen molar-refractivity contribution in [3.63, 3.8) is 0 Å². The molecule has 1 amide bonds.